The first-order chi connectivity index (χ1) is 14.2. The van der Waals surface area contributed by atoms with E-state index in [2.05, 4.69) is 20.7 Å². The van der Waals surface area contributed by atoms with Crippen molar-refractivity contribution in [3.8, 4) is 11.4 Å². The summed E-state index contributed by atoms with van der Waals surface area (Å²) in [6.45, 7) is 0.645. The van der Waals surface area contributed by atoms with Crippen molar-refractivity contribution >= 4 is 12.1 Å². The predicted octanol–water partition coefficient (Wildman–Crippen LogP) is 2.59. The summed E-state index contributed by atoms with van der Waals surface area (Å²) in [5.41, 5.74) is 4.87. The first-order valence-electron chi connectivity index (χ1n) is 8.93. The highest BCUT2D eigenvalue weighted by Crippen LogP contribution is 2.17. The molecule has 0 saturated carbocycles. The van der Waals surface area contributed by atoms with Crippen LogP contribution in [0.15, 0.2) is 84.4 Å². The van der Waals surface area contributed by atoms with Gasteiger partial charge in [0.25, 0.3) is 5.91 Å². The van der Waals surface area contributed by atoms with Crippen LogP contribution in [0.4, 0.5) is 0 Å². The predicted molar refractivity (Wildman–Crippen MR) is 108 cm³/mol. The van der Waals surface area contributed by atoms with E-state index in [1.807, 2.05) is 66.9 Å². The number of carbonyl (C=O) groups excluding carboxylic acids is 1. The van der Waals surface area contributed by atoms with Crippen molar-refractivity contribution in [3.63, 3.8) is 0 Å². The third-order valence-electron chi connectivity index (χ3n) is 4.15. The van der Waals surface area contributed by atoms with Crippen LogP contribution in [-0.4, -0.2) is 36.8 Å². The lowest BCUT2D eigenvalue weighted by Crippen LogP contribution is -2.18. The first kappa shape index (κ1) is 18.2. The second-order valence-corrected chi connectivity index (χ2v) is 6.30. The van der Waals surface area contributed by atoms with Gasteiger partial charge < -0.3 is 5.11 Å². The molecule has 2 aromatic carbocycles. The molecule has 0 aliphatic carbocycles. The van der Waals surface area contributed by atoms with E-state index >= 15 is 0 Å². The van der Waals surface area contributed by atoms with E-state index < -0.39 is 5.91 Å². The van der Waals surface area contributed by atoms with Gasteiger partial charge in [-0.15, -0.1) is 0 Å². The van der Waals surface area contributed by atoms with Crippen molar-refractivity contribution in [2.45, 2.75) is 6.54 Å². The number of amides is 1. The summed E-state index contributed by atoms with van der Waals surface area (Å²) >= 11 is 0. The minimum Gasteiger partial charge on any atom is -0.504 e. The van der Waals surface area contributed by atoms with Crippen molar-refractivity contribution in [1.82, 2.24) is 25.0 Å². The van der Waals surface area contributed by atoms with E-state index in [0.29, 0.717) is 6.54 Å². The van der Waals surface area contributed by atoms with Crippen molar-refractivity contribution < 1.29 is 9.90 Å². The number of nitrogens with one attached hydrogen (secondary N) is 1. The molecule has 0 aliphatic rings. The number of benzene rings is 2. The number of hydrogen-bond acceptors (Lipinski definition) is 5. The van der Waals surface area contributed by atoms with Gasteiger partial charge in [-0.3, -0.25) is 9.48 Å². The van der Waals surface area contributed by atoms with Crippen LogP contribution in [0.1, 0.15) is 21.6 Å². The molecule has 29 heavy (non-hydrogen) atoms. The Labute approximate surface area is 166 Å². The molecule has 0 fully saturated rings. The fourth-order valence-electron chi connectivity index (χ4n) is 2.76. The van der Waals surface area contributed by atoms with Gasteiger partial charge in [0, 0.05) is 11.8 Å². The van der Waals surface area contributed by atoms with Gasteiger partial charge in [0.1, 0.15) is 0 Å². The Hall–Kier alpha value is -4.20. The van der Waals surface area contributed by atoms with E-state index in [1.54, 1.807) is 10.9 Å². The monoisotopic (exact) mass is 386 g/mol. The number of rotatable bonds is 6. The van der Waals surface area contributed by atoms with Crippen LogP contribution in [0.25, 0.3) is 5.69 Å². The molecule has 8 heteroatoms. The highest BCUT2D eigenvalue weighted by molar-refractivity contribution is 5.95. The molecular weight excluding hydrogens is 368 g/mol. The number of nitrogens with zero attached hydrogens (tertiary/aromatic N) is 5. The van der Waals surface area contributed by atoms with Crippen molar-refractivity contribution in [1.29, 1.82) is 0 Å². The molecular formula is C21H18N6O2. The van der Waals surface area contributed by atoms with Gasteiger partial charge in [0.05, 0.1) is 30.8 Å². The number of para-hydroxylation sites is 1. The Kier molecular flexibility index (Phi) is 5.15. The van der Waals surface area contributed by atoms with E-state index in [9.17, 15) is 9.90 Å². The van der Waals surface area contributed by atoms with Crippen LogP contribution in [0, 0.1) is 0 Å². The molecule has 0 bridgehead atoms. The minimum atomic E-state index is -0.606. The van der Waals surface area contributed by atoms with Crippen molar-refractivity contribution in [2.75, 3.05) is 0 Å². The Morgan fingerprint density at radius 1 is 1.07 bits per heavy atom. The normalized spacial score (nSPS) is 11.0. The van der Waals surface area contributed by atoms with Gasteiger partial charge in [-0.05, 0) is 17.7 Å². The summed E-state index contributed by atoms with van der Waals surface area (Å²) in [7, 11) is 0. The van der Waals surface area contributed by atoms with Gasteiger partial charge in [-0.1, -0.05) is 48.5 Å². The summed E-state index contributed by atoms with van der Waals surface area (Å²) in [6.07, 6.45) is 6.34. The van der Waals surface area contributed by atoms with Crippen molar-refractivity contribution in [3.05, 3.63) is 96.1 Å². The summed E-state index contributed by atoms with van der Waals surface area (Å²) < 4.78 is 3.22. The number of hydrogen-bond donors (Lipinski definition) is 2. The highest BCUT2D eigenvalue weighted by Gasteiger charge is 2.16. The molecule has 4 aromatic rings. The van der Waals surface area contributed by atoms with Crippen LogP contribution in [0.5, 0.6) is 5.75 Å². The smallest absolute Gasteiger partial charge is 0.295 e. The van der Waals surface area contributed by atoms with Gasteiger partial charge in [-0.25, -0.2) is 10.1 Å². The quantitative estimate of drug-likeness (QED) is 0.393. The van der Waals surface area contributed by atoms with Gasteiger partial charge in [0.15, 0.2) is 11.4 Å². The van der Waals surface area contributed by atoms with Crippen LogP contribution in [0.3, 0.4) is 0 Å². The van der Waals surface area contributed by atoms with Crippen LogP contribution >= 0.6 is 0 Å². The SMILES string of the molecule is O=C(N/N=C\c1cnn(Cc2ccccc2)c1)c1nn(-c2ccccc2)cc1O. The van der Waals surface area contributed by atoms with Gasteiger partial charge in [0.2, 0.25) is 0 Å². The average Bonchev–Trinajstić information content (AvgIpc) is 3.36. The van der Waals surface area contributed by atoms with E-state index in [4.69, 9.17) is 0 Å². The molecule has 1 amide bonds. The van der Waals surface area contributed by atoms with Crippen LogP contribution < -0.4 is 5.43 Å². The van der Waals surface area contributed by atoms with E-state index in [0.717, 1.165) is 16.8 Å². The molecule has 4 rings (SSSR count). The topological polar surface area (TPSA) is 97.3 Å². The first-order valence-corrected chi connectivity index (χ1v) is 8.93. The lowest BCUT2D eigenvalue weighted by atomic mass is 10.2. The Bertz CT molecular complexity index is 1130. The summed E-state index contributed by atoms with van der Waals surface area (Å²) in [6, 6.07) is 19.2. The third kappa shape index (κ3) is 4.38. The summed E-state index contributed by atoms with van der Waals surface area (Å²) in [4.78, 5) is 12.3. The number of hydrazone groups is 1. The molecule has 0 radical (unpaired) electrons. The molecule has 8 nitrogen and oxygen atoms in total. The fourth-order valence-corrected chi connectivity index (χ4v) is 2.76. The van der Waals surface area contributed by atoms with E-state index in [1.165, 1.54) is 17.1 Å². The van der Waals surface area contributed by atoms with Gasteiger partial charge >= 0.3 is 0 Å². The molecule has 0 spiro atoms. The fraction of sp³-hybridized carbons (Fsp3) is 0.0476. The zero-order chi connectivity index (χ0) is 20.1. The Morgan fingerprint density at radius 2 is 1.79 bits per heavy atom. The molecule has 0 aliphatic heterocycles. The van der Waals surface area contributed by atoms with E-state index in [-0.39, 0.29) is 11.4 Å². The Morgan fingerprint density at radius 3 is 2.55 bits per heavy atom. The lowest BCUT2D eigenvalue weighted by Gasteiger charge is -2.00. The molecule has 2 N–H and O–H groups in total. The standard InChI is InChI=1S/C21H18N6O2/c28-19-15-27(18-9-5-2-6-10-18)25-20(19)21(29)24-22-11-17-12-23-26(14-17)13-16-7-3-1-4-8-16/h1-12,14-15,28H,13H2,(H,24,29)/b22-11-. The molecule has 144 valence electrons. The molecule has 0 unspecified atom stereocenters. The zero-order valence-electron chi connectivity index (χ0n) is 15.4. The Balaban J connectivity index is 1.39. The molecule has 2 aromatic heterocycles. The number of aromatic nitrogens is 4. The second-order valence-electron chi connectivity index (χ2n) is 6.30. The maximum Gasteiger partial charge on any atom is 0.295 e. The lowest BCUT2D eigenvalue weighted by molar-refractivity contribution is 0.0947. The number of carbonyl (C=O) groups is 1. The highest BCUT2D eigenvalue weighted by atomic mass is 16.3. The minimum absolute atomic E-state index is 0.106. The second kappa shape index (κ2) is 8.22. The molecule has 0 saturated heterocycles. The van der Waals surface area contributed by atoms with Gasteiger partial charge in [-0.2, -0.15) is 15.3 Å². The third-order valence-corrected chi connectivity index (χ3v) is 4.15. The molecule has 2 heterocycles. The summed E-state index contributed by atoms with van der Waals surface area (Å²) in [5.74, 6) is -0.831. The van der Waals surface area contributed by atoms with Crippen LogP contribution in [0.2, 0.25) is 0 Å². The molecule has 0 atom stereocenters. The van der Waals surface area contributed by atoms with Crippen LogP contribution in [-0.2, 0) is 6.54 Å². The average molecular weight is 386 g/mol. The maximum atomic E-state index is 12.3. The number of aromatic hydroxyl groups is 1. The summed E-state index contributed by atoms with van der Waals surface area (Å²) in [5, 5.41) is 22.3. The van der Waals surface area contributed by atoms with Crippen molar-refractivity contribution in [2.24, 2.45) is 5.10 Å². The maximum absolute atomic E-state index is 12.3. The zero-order valence-corrected chi connectivity index (χ0v) is 15.4. The largest absolute Gasteiger partial charge is 0.504 e.